The van der Waals surface area contributed by atoms with Gasteiger partial charge in [0.05, 0.1) is 25.1 Å². The number of likely N-dealkylation sites (tertiary alicyclic amines) is 1. The first kappa shape index (κ1) is 25.4. The van der Waals surface area contributed by atoms with Gasteiger partial charge in [0, 0.05) is 22.3 Å². The molecule has 3 atom stereocenters. The number of nitrogens with one attached hydrogen (secondary N) is 1. The first-order valence-corrected chi connectivity index (χ1v) is 12.7. The third-order valence-electron chi connectivity index (χ3n) is 5.88. The number of morpholine rings is 1. The Labute approximate surface area is 219 Å². The molecule has 0 radical (unpaired) electrons. The summed E-state index contributed by atoms with van der Waals surface area (Å²) in [5, 5.41) is 2.84. The number of carbonyl (C=O) groups excluding carboxylic acids is 3. The minimum Gasteiger partial charge on any atom is -0.444 e. The zero-order chi connectivity index (χ0) is 25.2. The number of carbonyl (C=O) groups is 3. The first-order valence-electron chi connectivity index (χ1n) is 11.6. The predicted molar refractivity (Wildman–Crippen MR) is 140 cm³/mol. The first-order chi connectivity index (χ1) is 16.6. The molecule has 2 fully saturated rings. The van der Waals surface area contributed by atoms with E-state index in [2.05, 4.69) is 27.9 Å². The van der Waals surface area contributed by atoms with Crippen molar-refractivity contribution in [3.05, 3.63) is 63.7 Å². The fraction of sp³-hybridized carbons (Fsp3) is 0.423. The molecule has 0 saturated carbocycles. The van der Waals surface area contributed by atoms with Gasteiger partial charge in [0.25, 0.3) is 5.91 Å². The van der Waals surface area contributed by atoms with Crippen LogP contribution in [0.1, 0.15) is 32.8 Å². The summed E-state index contributed by atoms with van der Waals surface area (Å²) < 4.78 is 12.7. The lowest BCUT2D eigenvalue weighted by Crippen LogP contribution is -2.58. The molecule has 2 aliphatic rings. The van der Waals surface area contributed by atoms with Gasteiger partial charge in [-0.05, 0) is 73.2 Å². The highest BCUT2D eigenvalue weighted by Gasteiger charge is 2.49. The van der Waals surface area contributed by atoms with Crippen LogP contribution < -0.4 is 5.32 Å². The Balaban J connectivity index is 1.50. The van der Waals surface area contributed by atoms with Crippen molar-refractivity contribution in [1.82, 2.24) is 9.80 Å². The Morgan fingerprint density at radius 1 is 1.09 bits per heavy atom. The lowest BCUT2D eigenvalue weighted by molar-refractivity contribution is -0.169. The molecule has 2 aromatic rings. The lowest BCUT2D eigenvalue weighted by Gasteiger charge is -2.40. The molecule has 3 amide bonds. The maximum absolute atomic E-state index is 13.5. The number of hydrogen-bond acceptors (Lipinski definition) is 5. The van der Waals surface area contributed by atoms with Crippen molar-refractivity contribution in [3.8, 4) is 0 Å². The van der Waals surface area contributed by atoms with E-state index in [4.69, 9.17) is 9.47 Å². The summed E-state index contributed by atoms with van der Waals surface area (Å²) in [6.45, 7) is 6.45. The molecule has 8 nitrogen and oxygen atoms in total. The molecule has 2 aromatic carbocycles. The monoisotopic (exact) mass is 591 g/mol. The van der Waals surface area contributed by atoms with Crippen molar-refractivity contribution in [2.45, 2.75) is 57.6 Å². The number of hydrogen-bond donors (Lipinski definition) is 1. The van der Waals surface area contributed by atoms with E-state index in [1.165, 1.54) is 0 Å². The minimum absolute atomic E-state index is 0.105. The molecule has 1 N–H and O–H groups in total. The maximum atomic E-state index is 13.5. The van der Waals surface area contributed by atoms with Crippen molar-refractivity contribution in [2.75, 3.05) is 18.4 Å². The zero-order valence-corrected chi connectivity index (χ0v) is 22.2. The van der Waals surface area contributed by atoms with Crippen LogP contribution in [0.5, 0.6) is 0 Å². The molecule has 9 heteroatoms. The highest BCUT2D eigenvalue weighted by Crippen LogP contribution is 2.30. The maximum Gasteiger partial charge on any atom is 0.410 e. The SMILES string of the molecule is CC(C)(C)OC(=O)N1CC2OC(CC(=O)Nc3ccc(I)cc3)C(=O)N(Cc3ccccc3)C2C1. The fourth-order valence-corrected chi connectivity index (χ4v) is 4.67. The molecule has 0 bridgehead atoms. The number of nitrogens with zero attached hydrogens (tertiary/aromatic N) is 2. The standard InChI is InChI=1S/C26H30IN3O5/c1-26(2,3)35-25(33)29-15-20-22(16-29)34-21(13-23(31)28-19-11-9-18(27)10-12-19)24(32)30(20)14-17-7-5-4-6-8-17/h4-12,20-22H,13-16H2,1-3H3,(H,28,31). The average Bonchev–Trinajstić information content (AvgIpc) is 3.22. The number of halogens is 1. The van der Waals surface area contributed by atoms with Crippen LogP contribution in [0, 0.1) is 3.57 Å². The van der Waals surface area contributed by atoms with Gasteiger partial charge in [-0.1, -0.05) is 30.3 Å². The van der Waals surface area contributed by atoms with Crippen LogP contribution in [0.3, 0.4) is 0 Å². The van der Waals surface area contributed by atoms with E-state index in [1.807, 2.05) is 75.4 Å². The number of rotatable bonds is 5. The van der Waals surface area contributed by atoms with Gasteiger partial charge in [0.1, 0.15) is 11.7 Å². The van der Waals surface area contributed by atoms with Gasteiger partial charge in [-0.25, -0.2) is 4.79 Å². The molecule has 3 unspecified atom stereocenters. The van der Waals surface area contributed by atoms with E-state index in [9.17, 15) is 14.4 Å². The second-order valence-corrected chi connectivity index (χ2v) is 11.1. The Morgan fingerprint density at radius 2 is 1.77 bits per heavy atom. The molecule has 0 aromatic heterocycles. The van der Waals surface area contributed by atoms with Gasteiger partial charge < -0.3 is 24.6 Å². The third-order valence-corrected chi connectivity index (χ3v) is 6.60. The van der Waals surface area contributed by atoms with Crippen LogP contribution in [-0.2, 0) is 25.6 Å². The molecule has 2 heterocycles. The Hall–Kier alpha value is -2.66. The van der Waals surface area contributed by atoms with Gasteiger partial charge in [-0.15, -0.1) is 0 Å². The number of anilines is 1. The molecule has 2 saturated heterocycles. The summed E-state index contributed by atoms with van der Waals surface area (Å²) in [5.41, 5.74) is 1.01. The topological polar surface area (TPSA) is 88.2 Å². The molecule has 0 aliphatic carbocycles. The minimum atomic E-state index is -0.928. The molecular formula is C26H30IN3O5. The second-order valence-electron chi connectivity index (χ2n) is 9.83. The molecule has 2 aliphatic heterocycles. The van der Waals surface area contributed by atoms with E-state index in [0.29, 0.717) is 25.3 Å². The predicted octanol–water partition coefficient (Wildman–Crippen LogP) is 4.04. The molecule has 35 heavy (non-hydrogen) atoms. The lowest BCUT2D eigenvalue weighted by atomic mass is 10.0. The van der Waals surface area contributed by atoms with E-state index in [0.717, 1.165) is 9.13 Å². The largest absolute Gasteiger partial charge is 0.444 e. The molecular weight excluding hydrogens is 561 g/mol. The van der Waals surface area contributed by atoms with Crippen molar-refractivity contribution >= 4 is 46.2 Å². The normalized spacial score (nSPS) is 22.1. The van der Waals surface area contributed by atoms with Crippen LogP contribution in [-0.4, -0.2) is 64.6 Å². The number of fused-ring (bicyclic) bond motifs is 1. The van der Waals surface area contributed by atoms with Crippen molar-refractivity contribution in [2.24, 2.45) is 0 Å². The van der Waals surface area contributed by atoms with Crippen LogP contribution in [0.2, 0.25) is 0 Å². The van der Waals surface area contributed by atoms with Crippen LogP contribution >= 0.6 is 22.6 Å². The molecule has 0 spiro atoms. The highest BCUT2D eigenvalue weighted by molar-refractivity contribution is 14.1. The highest BCUT2D eigenvalue weighted by atomic mass is 127. The quantitative estimate of drug-likeness (QED) is 0.531. The van der Waals surface area contributed by atoms with Crippen LogP contribution in [0.15, 0.2) is 54.6 Å². The van der Waals surface area contributed by atoms with E-state index >= 15 is 0 Å². The average molecular weight is 591 g/mol. The summed E-state index contributed by atoms with van der Waals surface area (Å²) in [7, 11) is 0. The van der Waals surface area contributed by atoms with Gasteiger partial charge in [-0.3, -0.25) is 9.59 Å². The summed E-state index contributed by atoms with van der Waals surface area (Å²) in [5.74, 6) is -0.552. The van der Waals surface area contributed by atoms with Crippen LogP contribution in [0.25, 0.3) is 0 Å². The summed E-state index contributed by atoms with van der Waals surface area (Å²) in [6.07, 6.45) is -1.87. The molecule has 4 rings (SSSR count). The van der Waals surface area contributed by atoms with E-state index < -0.39 is 23.9 Å². The van der Waals surface area contributed by atoms with E-state index in [-0.39, 0.29) is 24.3 Å². The Kier molecular flexibility index (Phi) is 7.65. The van der Waals surface area contributed by atoms with Gasteiger partial charge in [-0.2, -0.15) is 0 Å². The Bertz CT molecular complexity index is 1070. The summed E-state index contributed by atoms with van der Waals surface area (Å²) in [4.78, 5) is 42.3. The van der Waals surface area contributed by atoms with Gasteiger partial charge in [0.15, 0.2) is 0 Å². The van der Waals surface area contributed by atoms with Crippen molar-refractivity contribution < 1.29 is 23.9 Å². The van der Waals surface area contributed by atoms with E-state index in [1.54, 1.807) is 9.80 Å². The smallest absolute Gasteiger partial charge is 0.410 e. The summed E-state index contributed by atoms with van der Waals surface area (Å²) >= 11 is 2.20. The van der Waals surface area contributed by atoms with Crippen LogP contribution in [0.4, 0.5) is 10.5 Å². The van der Waals surface area contributed by atoms with Crippen molar-refractivity contribution in [3.63, 3.8) is 0 Å². The van der Waals surface area contributed by atoms with Crippen molar-refractivity contribution in [1.29, 1.82) is 0 Å². The van der Waals surface area contributed by atoms with Gasteiger partial charge >= 0.3 is 6.09 Å². The third kappa shape index (κ3) is 6.52. The molecule has 186 valence electrons. The second kappa shape index (κ2) is 10.5. The summed E-state index contributed by atoms with van der Waals surface area (Å²) in [6, 6.07) is 16.8. The Morgan fingerprint density at radius 3 is 2.43 bits per heavy atom. The van der Waals surface area contributed by atoms with Gasteiger partial charge in [0.2, 0.25) is 5.91 Å². The fourth-order valence-electron chi connectivity index (χ4n) is 4.31. The number of amides is 3. The number of ether oxygens (including phenoxy) is 2. The number of benzene rings is 2. The zero-order valence-electron chi connectivity index (χ0n) is 20.1.